The first-order chi connectivity index (χ1) is 8.15. The van der Waals surface area contributed by atoms with Gasteiger partial charge < -0.3 is 5.32 Å². The lowest BCUT2D eigenvalue weighted by Crippen LogP contribution is -2.17. The fourth-order valence-corrected chi connectivity index (χ4v) is 3.27. The molecular weight excluding hydrogens is 362 g/mol. The first kappa shape index (κ1) is 13.3. The van der Waals surface area contributed by atoms with E-state index in [-0.39, 0.29) is 0 Å². The monoisotopic (exact) mass is 373 g/mol. The second-order valence-corrected chi connectivity index (χ2v) is 7.32. The van der Waals surface area contributed by atoms with Crippen molar-refractivity contribution >= 4 is 43.2 Å². The quantitative estimate of drug-likeness (QED) is 0.782. The normalized spacial score (nSPS) is 12.6. The van der Waals surface area contributed by atoms with Gasteiger partial charge in [-0.25, -0.2) is 0 Å². The van der Waals surface area contributed by atoms with Crippen LogP contribution < -0.4 is 5.32 Å². The molecule has 1 N–H and O–H groups in total. The summed E-state index contributed by atoms with van der Waals surface area (Å²) in [5, 5.41) is 3.52. The first-order valence-electron chi connectivity index (χ1n) is 5.38. The summed E-state index contributed by atoms with van der Waals surface area (Å²) in [7, 11) is 0. The van der Waals surface area contributed by atoms with Crippen molar-refractivity contribution in [2.24, 2.45) is 0 Å². The molecule has 0 radical (unpaired) electrons. The van der Waals surface area contributed by atoms with Gasteiger partial charge in [0.05, 0.1) is 3.79 Å². The lowest BCUT2D eigenvalue weighted by Gasteiger charge is -2.13. The van der Waals surface area contributed by atoms with Gasteiger partial charge in [0.25, 0.3) is 0 Å². The third-order valence-corrected chi connectivity index (χ3v) is 4.73. The fourth-order valence-electron chi connectivity index (χ4n) is 1.57. The number of hydrogen-bond acceptors (Lipinski definition) is 2. The molecule has 0 aliphatic heterocycles. The van der Waals surface area contributed by atoms with Gasteiger partial charge >= 0.3 is 0 Å². The van der Waals surface area contributed by atoms with Gasteiger partial charge in [0.15, 0.2) is 0 Å². The highest BCUT2D eigenvalue weighted by Crippen LogP contribution is 2.23. The maximum atomic E-state index is 3.52. The largest absolute Gasteiger partial charge is 0.305 e. The Morgan fingerprint density at radius 3 is 2.41 bits per heavy atom. The minimum absolute atomic E-state index is 0.365. The average Bonchev–Trinajstić information content (AvgIpc) is 2.73. The minimum Gasteiger partial charge on any atom is -0.305 e. The molecule has 2 aromatic rings. The third kappa shape index (κ3) is 3.91. The van der Waals surface area contributed by atoms with Crippen molar-refractivity contribution in [2.45, 2.75) is 19.5 Å². The summed E-state index contributed by atoms with van der Waals surface area (Å²) in [6.07, 6.45) is 0. The van der Waals surface area contributed by atoms with E-state index < -0.39 is 0 Å². The fraction of sp³-hybridized carbons (Fsp3) is 0.231. The second-order valence-electron chi connectivity index (χ2n) is 3.86. The number of hydrogen-bond donors (Lipinski definition) is 1. The maximum absolute atomic E-state index is 3.52. The molecule has 90 valence electrons. The van der Waals surface area contributed by atoms with Crippen molar-refractivity contribution in [3.8, 4) is 0 Å². The first-order valence-corrected chi connectivity index (χ1v) is 7.78. The molecule has 0 bridgehead atoms. The Bertz CT molecular complexity index is 478. The van der Waals surface area contributed by atoms with Crippen LogP contribution in [0.1, 0.15) is 23.4 Å². The Labute approximate surface area is 123 Å². The van der Waals surface area contributed by atoms with Crippen molar-refractivity contribution < 1.29 is 0 Å². The van der Waals surface area contributed by atoms with Crippen LogP contribution in [0.5, 0.6) is 0 Å². The average molecular weight is 375 g/mol. The van der Waals surface area contributed by atoms with Gasteiger partial charge in [-0.15, -0.1) is 11.3 Å². The van der Waals surface area contributed by atoms with E-state index in [2.05, 4.69) is 80.5 Å². The Hall–Kier alpha value is -0.160. The number of halogens is 2. The molecule has 0 spiro atoms. The van der Waals surface area contributed by atoms with Crippen LogP contribution in [0, 0.1) is 0 Å². The molecule has 1 heterocycles. The second kappa shape index (κ2) is 6.14. The molecule has 1 aromatic heterocycles. The smallest absolute Gasteiger partial charge is 0.0701 e. The molecule has 0 fully saturated rings. The molecule has 0 amide bonds. The van der Waals surface area contributed by atoms with Crippen molar-refractivity contribution in [1.29, 1.82) is 0 Å². The van der Waals surface area contributed by atoms with Gasteiger partial charge in [-0.1, -0.05) is 28.1 Å². The summed E-state index contributed by atoms with van der Waals surface area (Å²) >= 11 is 8.70. The van der Waals surface area contributed by atoms with Crippen LogP contribution in [-0.2, 0) is 6.54 Å². The zero-order valence-electron chi connectivity index (χ0n) is 9.41. The zero-order valence-corrected chi connectivity index (χ0v) is 13.4. The van der Waals surface area contributed by atoms with Gasteiger partial charge in [0.2, 0.25) is 0 Å². The number of thiophene rings is 1. The van der Waals surface area contributed by atoms with Crippen LogP contribution in [-0.4, -0.2) is 0 Å². The predicted octanol–water partition coefficient (Wildman–Crippen LogP) is 5.12. The molecule has 1 nitrogen and oxygen atoms in total. The zero-order chi connectivity index (χ0) is 12.3. The van der Waals surface area contributed by atoms with Crippen LogP contribution in [0.2, 0.25) is 0 Å². The van der Waals surface area contributed by atoms with Gasteiger partial charge in [-0.05, 0) is 52.7 Å². The number of benzene rings is 1. The molecule has 1 aromatic carbocycles. The van der Waals surface area contributed by atoms with Gasteiger partial charge in [-0.2, -0.15) is 0 Å². The van der Waals surface area contributed by atoms with E-state index in [1.54, 1.807) is 11.3 Å². The van der Waals surface area contributed by atoms with E-state index in [0.717, 1.165) is 11.0 Å². The van der Waals surface area contributed by atoms with Crippen LogP contribution in [0.15, 0.2) is 44.7 Å². The minimum atomic E-state index is 0.365. The highest BCUT2D eigenvalue weighted by molar-refractivity contribution is 9.11. The van der Waals surface area contributed by atoms with Crippen LogP contribution in [0.3, 0.4) is 0 Å². The third-order valence-electron chi connectivity index (χ3n) is 2.58. The Morgan fingerprint density at radius 2 is 1.82 bits per heavy atom. The lowest BCUT2D eigenvalue weighted by molar-refractivity contribution is 0.579. The standard InChI is InChI=1S/C13H13Br2NS/c1-9(10-2-4-11(14)5-3-10)16-8-12-6-7-13(15)17-12/h2-7,9,16H,8H2,1H3/t9-/m0/s1. The lowest BCUT2D eigenvalue weighted by atomic mass is 10.1. The summed E-state index contributed by atoms with van der Waals surface area (Å²) < 4.78 is 2.31. The van der Waals surface area contributed by atoms with Crippen molar-refractivity contribution in [1.82, 2.24) is 5.32 Å². The van der Waals surface area contributed by atoms with E-state index >= 15 is 0 Å². The van der Waals surface area contributed by atoms with Crippen molar-refractivity contribution in [2.75, 3.05) is 0 Å². The van der Waals surface area contributed by atoms with Gasteiger partial charge in [0.1, 0.15) is 0 Å². The van der Waals surface area contributed by atoms with Crippen molar-refractivity contribution in [3.05, 3.63) is 55.1 Å². The molecule has 0 aliphatic carbocycles. The van der Waals surface area contributed by atoms with Crippen molar-refractivity contribution in [3.63, 3.8) is 0 Å². The summed E-state index contributed by atoms with van der Waals surface area (Å²) in [6, 6.07) is 13.1. The van der Waals surface area contributed by atoms with Crippen LogP contribution >= 0.6 is 43.2 Å². The van der Waals surface area contributed by atoms with E-state index in [1.165, 1.54) is 14.2 Å². The van der Waals surface area contributed by atoms with Crippen LogP contribution in [0.4, 0.5) is 0 Å². The summed E-state index contributed by atoms with van der Waals surface area (Å²) in [6.45, 7) is 3.10. The molecule has 0 saturated carbocycles. The van der Waals surface area contributed by atoms with Gasteiger partial charge in [0, 0.05) is 21.9 Å². The SMILES string of the molecule is C[C@H](NCc1ccc(Br)s1)c1ccc(Br)cc1. The number of nitrogens with one attached hydrogen (secondary N) is 1. The van der Waals surface area contributed by atoms with E-state index in [1.807, 2.05) is 0 Å². The Balaban J connectivity index is 1.93. The highest BCUT2D eigenvalue weighted by Gasteiger charge is 2.05. The van der Waals surface area contributed by atoms with E-state index in [0.29, 0.717) is 6.04 Å². The summed E-state index contributed by atoms with van der Waals surface area (Å²) in [5.41, 5.74) is 1.31. The van der Waals surface area contributed by atoms with Crippen LogP contribution in [0.25, 0.3) is 0 Å². The van der Waals surface area contributed by atoms with E-state index in [4.69, 9.17) is 0 Å². The Morgan fingerprint density at radius 1 is 1.12 bits per heavy atom. The maximum Gasteiger partial charge on any atom is 0.0701 e. The molecular formula is C13H13Br2NS. The molecule has 1 atom stereocenters. The molecule has 2 rings (SSSR count). The molecule has 4 heteroatoms. The topological polar surface area (TPSA) is 12.0 Å². The highest BCUT2D eigenvalue weighted by atomic mass is 79.9. The summed E-state index contributed by atoms with van der Waals surface area (Å²) in [5.74, 6) is 0. The molecule has 0 aliphatic rings. The molecule has 17 heavy (non-hydrogen) atoms. The molecule has 0 saturated heterocycles. The number of rotatable bonds is 4. The van der Waals surface area contributed by atoms with E-state index in [9.17, 15) is 0 Å². The predicted molar refractivity (Wildman–Crippen MR) is 81.4 cm³/mol. The molecule has 0 unspecified atom stereocenters. The van der Waals surface area contributed by atoms with Gasteiger partial charge in [-0.3, -0.25) is 0 Å². The summed E-state index contributed by atoms with van der Waals surface area (Å²) in [4.78, 5) is 1.35. The Kier molecular flexibility index (Phi) is 4.79.